The maximum atomic E-state index is 13.8. The van der Waals surface area contributed by atoms with Crippen molar-refractivity contribution in [3.05, 3.63) is 40.2 Å². The van der Waals surface area contributed by atoms with Gasteiger partial charge in [0.25, 0.3) is 5.91 Å². The van der Waals surface area contributed by atoms with E-state index in [2.05, 4.69) is 20.1 Å². The minimum Gasteiger partial charge on any atom is -0.494 e. The molecule has 0 spiro atoms. The molecule has 3 aromatic rings. The van der Waals surface area contributed by atoms with Crippen LogP contribution in [-0.2, 0) is 6.54 Å². The van der Waals surface area contributed by atoms with Crippen molar-refractivity contribution >= 4 is 23.3 Å². The number of aromatic nitrogens is 3. The number of hydrogen-bond donors (Lipinski definition) is 1. The Kier molecular flexibility index (Phi) is 6.12. The van der Waals surface area contributed by atoms with Gasteiger partial charge in [0.2, 0.25) is 0 Å². The van der Waals surface area contributed by atoms with E-state index in [1.165, 1.54) is 36.8 Å². The number of ether oxygens (including phenoxy) is 1. The minimum absolute atomic E-state index is 0.0500. The van der Waals surface area contributed by atoms with Gasteiger partial charge in [0, 0.05) is 19.7 Å². The summed E-state index contributed by atoms with van der Waals surface area (Å²) in [6.45, 7) is 4.33. The Labute approximate surface area is 171 Å². The van der Waals surface area contributed by atoms with E-state index < -0.39 is 5.82 Å². The molecule has 0 atom stereocenters. The summed E-state index contributed by atoms with van der Waals surface area (Å²) in [7, 11) is 4.89. The van der Waals surface area contributed by atoms with Crippen molar-refractivity contribution in [1.29, 1.82) is 0 Å². The van der Waals surface area contributed by atoms with Gasteiger partial charge in [-0.25, -0.2) is 4.39 Å². The van der Waals surface area contributed by atoms with E-state index in [0.29, 0.717) is 11.4 Å². The predicted octanol–water partition coefficient (Wildman–Crippen LogP) is 3.46. The minimum atomic E-state index is -0.506. The van der Waals surface area contributed by atoms with Crippen molar-refractivity contribution < 1.29 is 18.4 Å². The van der Waals surface area contributed by atoms with E-state index in [9.17, 15) is 9.18 Å². The number of amides is 1. The van der Waals surface area contributed by atoms with Crippen LogP contribution >= 0.6 is 11.5 Å². The van der Waals surface area contributed by atoms with Crippen molar-refractivity contribution in [1.82, 2.24) is 20.1 Å². The van der Waals surface area contributed by atoms with Crippen molar-refractivity contribution in [3.8, 4) is 17.1 Å². The number of carbonyl (C=O) groups excluding carboxylic acids is 1. The van der Waals surface area contributed by atoms with Gasteiger partial charge in [-0.2, -0.15) is 0 Å². The molecule has 0 saturated carbocycles. The lowest BCUT2D eigenvalue weighted by molar-refractivity contribution is 0.0952. The fourth-order valence-corrected chi connectivity index (χ4v) is 3.55. The van der Waals surface area contributed by atoms with E-state index >= 15 is 0 Å². The van der Waals surface area contributed by atoms with E-state index in [1.807, 2.05) is 13.8 Å². The zero-order valence-corrected chi connectivity index (χ0v) is 17.6. The van der Waals surface area contributed by atoms with Crippen LogP contribution in [0.1, 0.15) is 40.7 Å². The summed E-state index contributed by atoms with van der Waals surface area (Å²) in [5, 5.41) is 11.0. The molecule has 1 N–H and O–H groups in total. The summed E-state index contributed by atoms with van der Waals surface area (Å²) in [6, 6.07) is 4.24. The molecule has 0 aliphatic rings. The van der Waals surface area contributed by atoms with Crippen LogP contribution in [0.15, 0.2) is 22.7 Å². The maximum Gasteiger partial charge on any atom is 0.259 e. The number of carbonyl (C=O) groups is 1. The monoisotopic (exact) mass is 419 g/mol. The van der Waals surface area contributed by atoms with E-state index in [1.54, 1.807) is 19.0 Å². The molecule has 1 amide bonds. The average molecular weight is 419 g/mol. The van der Waals surface area contributed by atoms with Crippen LogP contribution in [0.2, 0.25) is 0 Å². The Morgan fingerprint density at radius 3 is 2.79 bits per heavy atom. The fourth-order valence-electron chi connectivity index (χ4n) is 2.82. The molecule has 2 heterocycles. The van der Waals surface area contributed by atoms with E-state index in [0.717, 1.165) is 10.6 Å². The Balaban J connectivity index is 1.94. The van der Waals surface area contributed by atoms with Gasteiger partial charge in [-0.1, -0.05) is 23.5 Å². The van der Waals surface area contributed by atoms with Gasteiger partial charge >= 0.3 is 0 Å². The third kappa shape index (κ3) is 4.21. The van der Waals surface area contributed by atoms with Crippen LogP contribution in [0.3, 0.4) is 0 Å². The molecule has 0 unspecified atom stereocenters. The lowest BCUT2D eigenvalue weighted by atomic mass is 10.1. The van der Waals surface area contributed by atoms with Gasteiger partial charge in [0.1, 0.15) is 5.56 Å². The van der Waals surface area contributed by atoms with Gasteiger partial charge in [-0.05, 0) is 35.6 Å². The number of rotatable bonds is 7. The number of anilines is 1. The highest BCUT2D eigenvalue weighted by Crippen LogP contribution is 2.33. The Hall–Kier alpha value is -3.01. The van der Waals surface area contributed by atoms with Gasteiger partial charge in [-0.3, -0.25) is 4.79 Å². The summed E-state index contributed by atoms with van der Waals surface area (Å²) in [4.78, 5) is 15.6. The second-order valence-electron chi connectivity index (χ2n) is 6.87. The fraction of sp³-hybridized carbons (Fsp3) is 0.368. The molecule has 0 radical (unpaired) electrons. The Morgan fingerprint density at radius 2 is 2.14 bits per heavy atom. The molecule has 0 fully saturated rings. The molecule has 10 heteroatoms. The van der Waals surface area contributed by atoms with Crippen LogP contribution in [0.25, 0.3) is 11.3 Å². The van der Waals surface area contributed by atoms with Gasteiger partial charge in [0.15, 0.2) is 23.1 Å². The Bertz CT molecular complexity index is 1020. The first kappa shape index (κ1) is 20.7. The molecule has 0 saturated heterocycles. The van der Waals surface area contributed by atoms with E-state index in [4.69, 9.17) is 9.26 Å². The SMILES string of the molecule is COc1cc(-c2onc(N(C)C)c2C(=O)NCc2snnc2C(C)C)ccc1F. The summed E-state index contributed by atoms with van der Waals surface area (Å²) >= 11 is 1.25. The number of nitrogens with zero attached hydrogens (tertiary/aromatic N) is 4. The molecular weight excluding hydrogens is 397 g/mol. The van der Waals surface area contributed by atoms with Crippen LogP contribution in [0.4, 0.5) is 10.2 Å². The number of halogens is 1. The largest absolute Gasteiger partial charge is 0.494 e. The smallest absolute Gasteiger partial charge is 0.259 e. The zero-order chi connectivity index (χ0) is 21.1. The summed E-state index contributed by atoms with van der Waals surface area (Å²) in [5.74, 6) is -0.0158. The van der Waals surface area contributed by atoms with E-state index in [-0.39, 0.29) is 35.4 Å². The number of hydrogen-bond acceptors (Lipinski definition) is 8. The number of methoxy groups -OCH3 is 1. The topological polar surface area (TPSA) is 93.4 Å². The molecule has 1 aromatic carbocycles. The maximum absolute atomic E-state index is 13.8. The highest BCUT2D eigenvalue weighted by molar-refractivity contribution is 7.05. The molecule has 3 rings (SSSR count). The third-order valence-corrected chi connectivity index (χ3v) is 5.02. The lowest BCUT2D eigenvalue weighted by Crippen LogP contribution is -2.25. The molecule has 0 aliphatic carbocycles. The molecule has 154 valence electrons. The zero-order valence-electron chi connectivity index (χ0n) is 16.8. The summed E-state index contributed by atoms with van der Waals surface area (Å²) < 4.78 is 28.2. The van der Waals surface area contributed by atoms with Crippen molar-refractivity contribution in [2.24, 2.45) is 0 Å². The molecule has 0 bridgehead atoms. The third-order valence-electron chi connectivity index (χ3n) is 4.28. The van der Waals surface area contributed by atoms with Gasteiger partial charge in [0.05, 0.1) is 24.2 Å². The summed E-state index contributed by atoms with van der Waals surface area (Å²) in [6.07, 6.45) is 0. The average Bonchev–Trinajstić information content (AvgIpc) is 3.33. The Morgan fingerprint density at radius 1 is 1.38 bits per heavy atom. The second kappa shape index (κ2) is 8.56. The summed E-state index contributed by atoms with van der Waals surface area (Å²) in [5.41, 5.74) is 1.60. The first-order valence-electron chi connectivity index (χ1n) is 8.93. The van der Waals surface area contributed by atoms with Gasteiger partial charge < -0.3 is 19.5 Å². The predicted molar refractivity (Wildman–Crippen MR) is 108 cm³/mol. The second-order valence-corrected chi connectivity index (χ2v) is 7.71. The molecule has 2 aromatic heterocycles. The van der Waals surface area contributed by atoms with Crippen LogP contribution in [0.5, 0.6) is 5.75 Å². The number of benzene rings is 1. The normalized spacial score (nSPS) is 11.0. The molecular formula is C19H22FN5O3S. The molecule has 8 nitrogen and oxygen atoms in total. The van der Waals surface area contributed by atoms with Crippen molar-refractivity contribution in [2.45, 2.75) is 26.3 Å². The first-order chi connectivity index (χ1) is 13.8. The van der Waals surface area contributed by atoms with Crippen LogP contribution in [0, 0.1) is 5.82 Å². The van der Waals surface area contributed by atoms with Crippen molar-refractivity contribution in [2.75, 3.05) is 26.1 Å². The van der Waals surface area contributed by atoms with Crippen molar-refractivity contribution in [3.63, 3.8) is 0 Å². The van der Waals surface area contributed by atoms with Gasteiger partial charge in [-0.15, -0.1) is 5.10 Å². The first-order valence-corrected chi connectivity index (χ1v) is 9.71. The number of nitrogens with one attached hydrogen (secondary N) is 1. The standard InChI is InChI=1S/C19H22FN5O3S/c1-10(2)16-14(29-24-22-16)9-21-19(26)15-17(28-23-18(15)25(3)4)11-6-7-12(20)13(8-11)27-5/h6-8,10H,9H2,1-5H3,(H,21,26). The van der Waals surface area contributed by atoms with Crippen LogP contribution < -0.4 is 15.0 Å². The molecule has 0 aliphatic heterocycles. The molecule has 29 heavy (non-hydrogen) atoms. The highest BCUT2D eigenvalue weighted by Gasteiger charge is 2.26. The highest BCUT2D eigenvalue weighted by atomic mass is 32.1. The lowest BCUT2D eigenvalue weighted by Gasteiger charge is -2.12. The quantitative estimate of drug-likeness (QED) is 0.627. The van der Waals surface area contributed by atoms with Crippen LogP contribution in [-0.4, -0.2) is 41.9 Å².